The maximum atomic E-state index is 13.1. The van der Waals surface area contributed by atoms with E-state index in [0.29, 0.717) is 13.0 Å². The molecule has 0 aliphatic rings. The summed E-state index contributed by atoms with van der Waals surface area (Å²) < 4.78 is 13.1. The van der Waals surface area contributed by atoms with E-state index in [2.05, 4.69) is 11.2 Å². The molecule has 0 unspecified atom stereocenters. The summed E-state index contributed by atoms with van der Waals surface area (Å²) in [6.45, 7) is 0.534. The zero-order chi connectivity index (χ0) is 12.7. The molecule has 0 radical (unpaired) electrons. The molecule has 1 rings (SSSR count). The van der Waals surface area contributed by atoms with E-state index in [0.717, 1.165) is 18.9 Å². The molecule has 0 aromatic heterocycles. The number of benzene rings is 1. The number of unbranched alkanes of at least 4 members (excludes halogenated alkanes) is 2. The van der Waals surface area contributed by atoms with Crippen molar-refractivity contribution in [3.05, 3.63) is 29.6 Å². The quantitative estimate of drug-likeness (QED) is 0.464. The van der Waals surface area contributed by atoms with Crippen molar-refractivity contribution in [1.82, 2.24) is 5.32 Å². The minimum absolute atomic E-state index is 0.0376. The molecule has 0 aliphatic carbocycles. The molecule has 0 saturated heterocycles. The lowest BCUT2D eigenvalue weighted by molar-refractivity contribution is 0.0952. The van der Waals surface area contributed by atoms with Gasteiger partial charge in [0.05, 0.1) is 5.69 Å². The molecule has 1 aromatic carbocycles. The van der Waals surface area contributed by atoms with Gasteiger partial charge in [-0.3, -0.25) is 4.79 Å². The monoisotopic (exact) mass is 234 g/mol. The summed E-state index contributed by atoms with van der Waals surface area (Å²) in [4.78, 5) is 11.6. The van der Waals surface area contributed by atoms with Gasteiger partial charge in [-0.1, -0.05) is 0 Å². The number of nitrogens with one attached hydrogen (secondary N) is 1. The van der Waals surface area contributed by atoms with E-state index in [9.17, 15) is 9.18 Å². The second-order valence-corrected chi connectivity index (χ2v) is 3.65. The second kappa shape index (κ2) is 6.54. The number of nitrogens with two attached hydrogens (primary N) is 1. The van der Waals surface area contributed by atoms with E-state index in [4.69, 9.17) is 12.2 Å². The average molecular weight is 234 g/mol. The van der Waals surface area contributed by atoms with Crippen molar-refractivity contribution in [3.63, 3.8) is 0 Å². The number of anilines is 1. The zero-order valence-electron chi connectivity index (χ0n) is 9.50. The number of carbonyl (C=O) groups is 1. The Morgan fingerprint density at radius 1 is 1.47 bits per heavy atom. The Kier molecular flexibility index (Phi) is 5.02. The highest BCUT2D eigenvalue weighted by Crippen LogP contribution is 2.11. The van der Waals surface area contributed by atoms with Gasteiger partial charge in [-0.15, -0.1) is 12.3 Å². The highest BCUT2D eigenvalue weighted by molar-refractivity contribution is 5.94. The first-order chi connectivity index (χ1) is 8.15. The van der Waals surface area contributed by atoms with Gasteiger partial charge in [0.25, 0.3) is 5.91 Å². The molecule has 0 fully saturated rings. The van der Waals surface area contributed by atoms with E-state index >= 15 is 0 Å². The predicted octanol–water partition coefficient (Wildman–Crippen LogP) is 1.94. The van der Waals surface area contributed by atoms with Crippen molar-refractivity contribution in [2.24, 2.45) is 0 Å². The molecule has 0 spiro atoms. The van der Waals surface area contributed by atoms with Crippen LogP contribution in [-0.2, 0) is 0 Å². The van der Waals surface area contributed by atoms with Crippen molar-refractivity contribution < 1.29 is 9.18 Å². The van der Waals surface area contributed by atoms with Crippen LogP contribution in [0.2, 0.25) is 0 Å². The van der Waals surface area contributed by atoms with E-state index < -0.39 is 5.82 Å². The van der Waals surface area contributed by atoms with Gasteiger partial charge in [0.15, 0.2) is 0 Å². The van der Waals surface area contributed by atoms with Gasteiger partial charge in [0.2, 0.25) is 0 Å². The summed E-state index contributed by atoms with van der Waals surface area (Å²) >= 11 is 0. The lowest BCUT2D eigenvalue weighted by atomic mass is 10.2. The molecule has 1 amide bonds. The first-order valence-corrected chi connectivity index (χ1v) is 5.42. The molecule has 17 heavy (non-hydrogen) atoms. The normalized spacial score (nSPS) is 9.65. The highest BCUT2D eigenvalue weighted by atomic mass is 19.1. The second-order valence-electron chi connectivity index (χ2n) is 3.65. The largest absolute Gasteiger partial charge is 0.396 e. The minimum atomic E-state index is -0.579. The summed E-state index contributed by atoms with van der Waals surface area (Å²) in [5, 5.41) is 2.69. The number of nitrogen functional groups attached to an aromatic ring is 1. The Hall–Kier alpha value is -2.02. The standard InChI is InChI=1S/C13H15FN2O/c1-2-3-4-5-8-16-13(17)10-6-7-12(15)11(14)9-10/h1,6-7,9H,3-5,8,15H2,(H,16,17). The molecule has 90 valence electrons. The maximum absolute atomic E-state index is 13.1. The molecular formula is C13H15FN2O. The van der Waals surface area contributed by atoms with Crippen LogP contribution in [0.5, 0.6) is 0 Å². The molecular weight excluding hydrogens is 219 g/mol. The number of hydrogen-bond donors (Lipinski definition) is 2. The van der Waals surface area contributed by atoms with E-state index in [1.807, 2.05) is 0 Å². The smallest absolute Gasteiger partial charge is 0.251 e. The molecule has 0 saturated carbocycles. The van der Waals surface area contributed by atoms with Gasteiger partial charge in [-0.25, -0.2) is 4.39 Å². The van der Waals surface area contributed by atoms with Crippen molar-refractivity contribution in [3.8, 4) is 12.3 Å². The topological polar surface area (TPSA) is 55.1 Å². The summed E-state index contributed by atoms with van der Waals surface area (Å²) in [6.07, 6.45) is 7.48. The fourth-order valence-electron chi connectivity index (χ4n) is 1.32. The van der Waals surface area contributed by atoms with Gasteiger partial charge in [-0.2, -0.15) is 0 Å². The first-order valence-electron chi connectivity index (χ1n) is 5.42. The van der Waals surface area contributed by atoms with Crippen LogP contribution in [0.4, 0.5) is 10.1 Å². The first kappa shape index (κ1) is 13.0. The van der Waals surface area contributed by atoms with Gasteiger partial charge >= 0.3 is 0 Å². The van der Waals surface area contributed by atoms with Crippen LogP contribution >= 0.6 is 0 Å². The number of terminal acetylenes is 1. The van der Waals surface area contributed by atoms with Gasteiger partial charge in [0.1, 0.15) is 5.82 Å². The van der Waals surface area contributed by atoms with Crippen LogP contribution in [-0.4, -0.2) is 12.5 Å². The number of rotatable bonds is 5. The Balaban J connectivity index is 2.42. The van der Waals surface area contributed by atoms with Crippen LogP contribution in [0.25, 0.3) is 0 Å². The summed E-state index contributed by atoms with van der Waals surface area (Å²) in [6, 6.07) is 4.00. The van der Waals surface area contributed by atoms with Gasteiger partial charge < -0.3 is 11.1 Å². The van der Waals surface area contributed by atoms with Crippen LogP contribution < -0.4 is 11.1 Å². The Morgan fingerprint density at radius 3 is 2.88 bits per heavy atom. The third-order valence-corrected chi connectivity index (χ3v) is 2.30. The fourth-order valence-corrected chi connectivity index (χ4v) is 1.32. The molecule has 0 heterocycles. The van der Waals surface area contributed by atoms with Crippen molar-refractivity contribution in [2.45, 2.75) is 19.3 Å². The van der Waals surface area contributed by atoms with Crippen LogP contribution in [0.1, 0.15) is 29.6 Å². The third kappa shape index (κ3) is 4.15. The van der Waals surface area contributed by atoms with Gasteiger partial charge in [-0.05, 0) is 31.0 Å². The Morgan fingerprint density at radius 2 is 2.24 bits per heavy atom. The molecule has 0 aliphatic heterocycles. The lowest BCUT2D eigenvalue weighted by Gasteiger charge is -2.05. The molecule has 3 nitrogen and oxygen atoms in total. The zero-order valence-corrected chi connectivity index (χ0v) is 9.50. The van der Waals surface area contributed by atoms with E-state index in [1.54, 1.807) is 0 Å². The minimum Gasteiger partial charge on any atom is -0.396 e. The molecule has 4 heteroatoms. The number of amides is 1. The van der Waals surface area contributed by atoms with Gasteiger partial charge in [0, 0.05) is 18.5 Å². The van der Waals surface area contributed by atoms with Crippen molar-refractivity contribution in [2.75, 3.05) is 12.3 Å². The summed E-state index contributed by atoms with van der Waals surface area (Å²) in [5.74, 6) is 1.65. The molecule has 0 bridgehead atoms. The van der Waals surface area contributed by atoms with Crippen LogP contribution in [0.3, 0.4) is 0 Å². The Bertz CT molecular complexity index is 438. The van der Waals surface area contributed by atoms with E-state index in [1.165, 1.54) is 12.1 Å². The fraction of sp³-hybridized carbons (Fsp3) is 0.308. The Labute approximate surface area is 100 Å². The van der Waals surface area contributed by atoms with Crippen LogP contribution in [0, 0.1) is 18.2 Å². The number of carbonyl (C=O) groups excluding carboxylic acids is 1. The molecule has 0 atom stereocenters. The van der Waals surface area contributed by atoms with Crippen molar-refractivity contribution >= 4 is 11.6 Å². The lowest BCUT2D eigenvalue weighted by Crippen LogP contribution is -2.24. The maximum Gasteiger partial charge on any atom is 0.251 e. The summed E-state index contributed by atoms with van der Waals surface area (Å²) in [7, 11) is 0. The number of halogens is 1. The number of hydrogen-bond acceptors (Lipinski definition) is 2. The predicted molar refractivity (Wildman–Crippen MR) is 65.8 cm³/mol. The van der Waals surface area contributed by atoms with Crippen molar-refractivity contribution in [1.29, 1.82) is 0 Å². The van der Waals surface area contributed by atoms with Crippen LogP contribution in [0.15, 0.2) is 18.2 Å². The molecule has 1 aromatic rings. The highest BCUT2D eigenvalue weighted by Gasteiger charge is 2.07. The summed E-state index contributed by atoms with van der Waals surface area (Å²) in [5.41, 5.74) is 5.63. The average Bonchev–Trinajstić information content (AvgIpc) is 2.32. The third-order valence-electron chi connectivity index (χ3n) is 2.30. The SMILES string of the molecule is C#CCCCCNC(=O)c1ccc(N)c(F)c1. The molecule has 3 N–H and O–H groups in total. The van der Waals surface area contributed by atoms with E-state index in [-0.39, 0.29) is 17.2 Å².